The molecule has 3 nitrogen and oxygen atoms in total. The highest BCUT2D eigenvalue weighted by Gasteiger charge is 2.18. The van der Waals surface area contributed by atoms with Gasteiger partial charge in [-0.15, -0.1) is 0 Å². The molecule has 0 aromatic heterocycles. The minimum absolute atomic E-state index is 1.06. The maximum atomic E-state index is 3.64. The summed E-state index contributed by atoms with van der Waals surface area (Å²) in [4.78, 5) is 4.40. The molecule has 2 aromatic carbocycles. The lowest BCUT2D eigenvalue weighted by Crippen LogP contribution is -2.12. The number of nitrogens with one attached hydrogen (secondary N) is 1. The predicted octanol–water partition coefficient (Wildman–Crippen LogP) is 3.66. The predicted molar refractivity (Wildman–Crippen MR) is 92.2 cm³/mol. The zero-order chi connectivity index (χ0) is 15.0. The Morgan fingerprint density at radius 2 is 1.14 bits per heavy atom. The van der Waals surface area contributed by atoms with Crippen LogP contribution in [0.2, 0.25) is 0 Å². The third kappa shape index (κ3) is 2.44. The summed E-state index contributed by atoms with van der Waals surface area (Å²) in [6, 6.07) is 13.0. The van der Waals surface area contributed by atoms with Gasteiger partial charge in [0.05, 0.1) is 0 Å². The van der Waals surface area contributed by atoms with Crippen LogP contribution in [0, 0.1) is 0 Å². The van der Waals surface area contributed by atoms with E-state index in [4.69, 9.17) is 0 Å². The van der Waals surface area contributed by atoms with E-state index in [9.17, 15) is 0 Å². The van der Waals surface area contributed by atoms with Crippen molar-refractivity contribution in [1.82, 2.24) is 0 Å². The molecule has 0 saturated carbocycles. The van der Waals surface area contributed by atoms with Gasteiger partial charge in [-0.05, 0) is 48.2 Å². The van der Waals surface area contributed by atoms with Crippen LogP contribution < -0.4 is 15.1 Å². The molecule has 1 aliphatic heterocycles. The van der Waals surface area contributed by atoms with Crippen molar-refractivity contribution in [2.45, 2.75) is 12.8 Å². The van der Waals surface area contributed by atoms with Gasteiger partial charge in [-0.2, -0.15) is 0 Å². The van der Waals surface area contributed by atoms with E-state index in [1.54, 1.807) is 0 Å². The summed E-state index contributed by atoms with van der Waals surface area (Å²) in [7, 11) is 8.44. The molecule has 0 unspecified atom stereocenters. The lowest BCUT2D eigenvalue weighted by molar-refractivity contribution is 0.951. The summed E-state index contributed by atoms with van der Waals surface area (Å²) >= 11 is 0. The number of nitrogens with zero attached hydrogens (tertiary/aromatic N) is 2. The number of anilines is 4. The molecule has 0 bridgehead atoms. The Labute approximate surface area is 127 Å². The number of fused-ring (bicyclic) bond motifs is 2. The molecule has 3 heteroatoms. The van der Waals surface area contributed by atoms with E-state index in [-0.39, 0.29) is 0 Å². The van der Waals surface area contributed by atoms with Crippen LogP contribution in [0.5, 0.6) is 0 Å². The quantitative estimate of drug-likeness (QED) is 0.906. The number of hydrogen-bond donors (Lipinski definition) is 1. The van der Waals surface area contributed by atoms with E-state index in [1.807, 2.05) is 0 Å². The van der Waals surface area contributed by atoms with Gasteiger partial charge in [0, 0.05) is 50.9 Å². The highest BCUT2D eigenvalue weighted by Crippen LogP contribution is 2.37. The highest BCUT2D eigenvalue weighted by atomic mass is 15.1. The molecule has 3 rings (SSSR count). The standard InChI is InChI=1S/C18H23N3/c1-20(2)17-9-5-7-15-13(17)11-12-14-16(19-15)8-6-10-18(14)21(3)4/h5-10,19H,11-12H2,1-4H3. The van der Waals surface area contributed by atoms with E-state index in [0.717, 1.165) is 12.8 Å². The van der Waals surface area contributed by atoms with Crippen molar-refractivity contribution in [3.63, 3.8) is 0 Å². The lowest BCUT2D eigenvalue weighted by Gasteiger charge is -2.19. The van der Waals surface area contributed by atoms with Gasteiger partial charge in [-0.25, -0.2) is 0 Å². The van der Waals surface area contributed by atoms with Crippen LogP contribution in [0.4, 0.5) is 22.7 Å². The summed E-state index contributed by atoms with van der Waals surface area (Å²) in [6.45, 7) is 0. The van der Waals surface area contributed by atoms with Gasteiger partial charge < -0.3 is 15.1 Å². The van der Waals surface area contributed by atoms with Crippen LogP contribution in [0.25, 0.3) is 0 Å². The van der Waals surface area contributed by atoms with Crippen LogP contribution in [0.1, 0.15) is 11.1 Å². The van der Waals surface area contributed by atoms with E-state index in [2.05, 4.69) is 79.7 Å². The fourth-order valence-corrected chi connectivity index (χ4v) is 3.14. The molecule has 0 radical (unpaired) electrons. The molecular weight excluding hydrogens is 258 g/mol. The molecule has 1 N–H and O–H groups in total. The average molecular weight is 281 g/mol. The van der Waals surface area contributed by atoms with Crippen LogP contribution in [-0.4, -0.2) is 28.2 Å². The van der Waals surface area contributed by atoms with Crippen molar-refractivity contribution in [3.8, 4) is 0 Å². The van der Waals surface area contributed by atoms with Crippen molar-refractivity contribution in [3.05, 3.63) is 47.5 Å². The van der Waals surface area contributed by atoms with Crippen LogP contribution in [0.3, 0.4) is 0 Å². The Hall–Kier alpha value is -2.16. The normalized spacial score (nSPS) is 12.8. The van der Waals surface area contributed by atoms with Crippen molar-refractivity contribution in [2.24, 2.45) is 0 Å². The van der Waals surface area contributed by atoms with Crippen molar-refractivity contribution in [1.29, 1.82) is 0 Å². The maximum Gasteiger partial charge on any atom is 0.0437 e. The van der Waals surface area contributed by atoms with Crippen molar-refractivity contribution < 1.29 is 0 Å². The van der Waals surface area contributed by atoms with Gasteiger partial charge in [-0.1, -0.05) is 12.1 Å². The van der Waals surface area contributed by atoms with Crippen molar-refractivity contribution >= 4 is 22.7 Å². The number of hydrogen-bond acceptors (Lipinski definition) is 3. The molecule has 110 valence electrons. The monoisotopic (exact) mass is 281 g/mol. The van der Waals surface area contributed by atoms with Crippen molar-refractivity contribution in [2.75, 3.05) is 43.3 Å². The molecule has 0 saturated heterocycles. The Bertz CT molecular complexity index is 602. The van der Waals surface area contributed by atoms with Gasteiger partial charge in [0.1, 0.15) is 0 Å². The average Bonchev–Trinajstić information content (AvgIpc) is 2.64. The molecule has 0 spiro atoms. The van der Waals surface area contributed by atoms with Crippen LogP contribution >= 0.6 is 0 Å². The second kappa shape index (κ2) is 5.32. The molecule has 0 atom stereocenters. The zero-order valence-electron chi connectivity index (χ0n) is 13.3. The first-order valence-corrected chi connectivity index (χ1v) is 7.43. The first-order chi connectivity index (χ1) is 10.1. The second-order valence-corrected chi connectivity index (χ2v) is 6.02. The third-order valence-electron chi connectivity index (χ3n) is 4.16. The molecule has 1 heterocycles. The maximum absolute atomic E-state index is 3.64. The fraction of sp³-hybridized carbons (Fsp3) is 0.333. The van der Waals surface area contributed by atoms with E-state index in [0.29, 0.717) is 0 Å². The minimum atomic E-state index is 1.06. The third-order valence-corrected chi connectivity index (χ3v) is 4.16. The summed E-state index contributed by atoms with van der Waals surface area (Å²) in [6.07, 6.45) is 2.13. The van der Waals surface area contributed by atoms with Crippen LogP contribution in [-0.2, 0) is 12.8 Å². The Morgan fingerprint density at radius 1 is 0.714 bits per heavy atom. The molecular formula is C18H23N3. The van der Waals surface area contributed by atoms with E-state index < -0.39 is 0 Å². The van der Waals surface area contributed by atoms with Crippen LogP contribution in [0.15, 0.2) is 36.4 Å². The SMILES string of the molecule is CN(C)c1cccc2c1CCc1c(cccc1N(C)C)N2. The molecule has 2 aromatic rings. The Morgan fingerprint density at radius 3 is 1.52 bits per heavy atom. The summed E-state index contributed by atoms with van der Waals surface area (Å²) in [5, 5.41) is 3.64. The van der Waals surface area contributed by atoms with Gasteiger partial charge in [0.25, 0.3) is 0 Å². The summed E-state index contributed by atoms with van der Waals surface area (Å²) in [5.41, 5.74) is 7.89. The Kier molecular flexibility index (Phi) is 3.50. The smallest absolute Gasteiger partial charge is 0.0437 e. The molecule has 21 heavy (non-hydrogen) atoms. The fourth-order valence-electron chi connectivity index (χ4n) is 3.14. The zero-order valence-corrected chi connectivity index (χ0v) is 13.3. The van der Waals surface area contributed by atoms with Gasteiger partial charge in [-0.3, -0.25) is 0 Å². The minimum Gasteiger partial charge on any atom is -0.377 e. The highest BCUT2D eigenvalue weighted by molar-refractivity contribution is 5.78. The van der Waals surface area contributed by atoms with E-state index in [1.165, 1.54) is 33.9 Å². The number of rotatable bonds is 2. The largest absolute Gasteiger partial charge is 0.377 e. The second-order valence-electron chi connectivity index (χ2n) is 6.02. The van der Waals surface area contributed by atoms with Gasteiger partial charge in [0.15, 0.2) is 0 Å². The number of benzene rings is 2. The molecule has 0 aliphatic carbocycles. The summed E-state index contributed by atoms with van der Waals surface area (Å²) < 4.78 is 0. The topological polar surface area (TPSA) is 18.5 Å². The lowest BCUT2D eigenvalue weighted by atomic mass is 10.0. The van der Waals surface area contributed by atoms with Gasteiger partial charge in [0.2, 0.25) is 0 Å². The summed E-state index contributed by atoms with van der Waals surface area (Å²) in [5.74, 6) is 0. The Balaban J connectivity index is 2.09. The van der Waals surface area contributed by atoms with E-state index >= 15 is 0 Å². The molecule has 0 amide bonds. The first-order valence-electron chi connectivity index (χ1n) is 7.43. The molecule has 1 aliphatic rings. The molecule has 0 fully saturated rings. The first kappa shape index (κ1) is 13.8. The van der Waals surface area contributed by atoms with Gasteiger partial charge >= 0.3 is 0 Å².